The molecule has 0 atom stereocenters. The Hall–Kier alpha value is -2.74. The molecule has 2 amide bonds. The van der Waals surface area contributed by atoms with Gasteiger partial charge in [-0.3, -0.25) is 14.4 Å². The number of carboxylic acid groups (broad SMARTS) is 1. The topological polar surface area (TPSA) is 99.6 Å². The molecule has 2 aromatic rings. The zero-order valence-corrected chi connectivity index (χ0v) is 14.6. The van der Waals surface area contributed by atoms with Crippen LogP contribution in [0.3, 0.4) is 0 Å². The molecule has 0 saturated heterocycles. The van der Waals surface area contributed by atoms with Crippen LogP contribution in [0.5, 0.6) is 0 Å². The summed E-state index contributed by atoms with van der Waals surface area (Å²) < 4.78 is 0. The van der Waals surface area contributed by atoms with Crippen molar-refractivity contribution in [1.82, 2.24) is 9.88 Å². The molecule has 0 spiro atoms. The van der Waals surface area contributed by atoms with Crippen LogP contribution in [-0.4, -0.2) is 46.4 Å². The number of amides is 2. The van der Waals surface area contributed by atoms with Crippen molar-refractivity contribution in [3.63, 3.8) is 0 Å². The summed E-state index contributed by atoms with van der Waals surface area (Å²) in [6.45, 7) is 0.102. The van der Waals surface area contributed by atoms with Crippen molar-refractivity contribution in [2.75, 3.05) is 18.9 Å². The van der Waals surface area contributed by atoms with Gasteiger partial charge in [0.15, 0.2) is 5.13 Å². The number of benzene rings is 1. The van der Waals surface area contributed by atoms with Crippen LogP contribution in [0.2, 0.25) is 0 Å². The number of nitrogens with zero attached hydrogens (tertiary/aromatic N) is 2. The Labute approximate surface area is 149 Å². The van der Waals surface area contributed by atoms with Gasteiger partial charge in [-0.1, -0.05) is 30.3 Å². The van der Waals surface area contributed by atoms with Crippen LogP contribution in [0.25, 0.3) is 0 Å². The highest BCUT2D eigenvalue weighted by Crippen LogP contribution is 2.17. The van der Waals surface area contributed by atoms with Crippen molar-refractivity contribution in [1.29, 1.82) is 0 Å². The number of aryl methyl sites for hydroxylation is 1. The van der Waals surface area contributed by atoms with E-state index in [4.69, 9.17) is 5.11 Å². The lowest BCUT2D eigenvalue weighted by Crippen LogP contribution is -2.29. The fourth-order valence-corrected chi connectivity index (χ4v) is 2.77. The van der Waals surface area contributed by atoms with Crippen LogP contribution in [0.15, 0.2) is 35.7 Å². The second-order valence-corrected chi connectivity index (χ2v) is 6.30. The number of carbonyl (C=O) groups is 3. The number of rotatable bonds is 8. The molecule has 1 heterocycles. The van der Waals surface area contributed by atoms with Gasteiger partial charge in [0, 0.05) is 25.4 Å². The monoisotopic (exact) mass is 361 g/mol. The highest BCUT2D eigenvalue weighted by molar-refractivity contribution is 7.14. The summed E-state index contributed by atoms with van der Waals surface area (Å²) in [7, 11) is 1.52. The second-order valence-electron chi connectivity index (χ2n) is 5.44. The molecule has 0 saturated carbocycles. The first-order chi connectivity index (χ1) is 12.0. The fourth-order valence-electron chi connectivity index (χ4n) is 2.07. The van der Waals surface area contributed by atoms with E-state index in [1.54, 1.807) is 5.38 Å². The Morgan fingerprint density at radius 3 is 2.60 bits per heavy atom. The Kier molecular flexibility index (Phi) is 6.64. The maximum atomic E-state index is 12.1. The van der Waals surface area contributed by atoms with E-state index in [2.05, 4.69) is 10.3 Å². The van der Waals surface area contributed by atoms with Gasteiger partial charge in [0.1, 0.15) is 5.69 Å². The molecular formula is C17H19N3O4S. The number of nitrogens with one attached hydrogen (secondary N) is 1. The molecule has 0 aliphatic carbocycles. The van der Waals surface area contributed by atoms with E-state index in [1.165, 1.54) is 11.9 Å². The highest BCUT2D eigenvalue weighted by Gasteiger charge is 2.17. The molecule has 1 aromatic heterocycles. The van der Waals surface area contributed by atoms with Gasteiger partial charge in [-0.25, -0.2) is 4.98 Å². The smallest absolute Gasteiger partial charge is 0.305 e. The number of thiazole rings is 1. The van der Waals surface area contributed by atoms with Crippen molar-refractivity contribution in [3.8, 4) is 0 Å². The van der Waals surface area contributed by atoms with Crippen LogP contribution in [0, 0.1) is 0 Å². The summed E-state index contributed by atoms with van der Waals surface area (Å²) >= 11 is 1.16. The quantitative estimate of drug-likeness (QED) is 0.751. The van der Waals surface area contributed by atoms with Crippen molar-refractivity contribution >= 4 is 34.3 Å². The number of aromatic nitrogens is 1. The standard InChI is InChI=1S/C17H19N3O4S/c1-20(10-9-15(22)23)16(24)13-11-25-17(18-13)19-14(21)8-7-12-5-3-2-4-6-12/h2-6,11H,7-10H2,1H3,(H,22,23)(H,18,19,21). The van der Waals surface area contributed by atoms with Gasteiger partial charge in [0.25, 0.3) is 5.91 Å². The minimum atomic E-state index is -0.968. The molecule has 132 valence electrons. The predicted molar refractivity (Wildman–Crippen MR) is 94.7 cm³/mol. The minimum absolute atomic E-state index is 0.102. The zero-order chi connectivity index (χ0) is 18.2. The number of hydrogen-bond acceptors (Lipinski definition) is 5. The Bertz CT molecular complexity index is 745. The maximum absolute atomic E-state index is 12.1. The number of aliphatic carboxylic acids is 1. The molecule has 0 aliphatic heterocycles. The Morgan fingerprint density at radius 1 is 1.20 bits per heavy atom. The number of anilines is 1. The van der Waals surface area contributed by atoms with Gasteiger partial charge in [-0.15, -0.1) is 11.3 Å². The van der Waals surface area contributed by atoms with Gasteiger partial charge in [-0.2, -0.15) is 0 Å². The molecule has 0 fully saturated rings. The van der Waals surface area contributed by atoms with Gasteiger partial charge in [0.05, 0.1) is 6.42 Å². The lowest BCUT2D eigenvalue weighted by atomic mass is 10.1. The van der Waals surface area contributed by atoms with E-state index in [1.807, 2.05) is 30.3 Å². The first kappa shape index (κ1) is 18.6. The third kappa shape index (κ3) is 6.00. The van der Waals surface area contributed by atoms with Crippen LogP contribution >= 0.6 is 11.3 Å². The predicted octanol–water partition coefficient (Wildman–Crippen LogP) is 2.26. The number of carboxylic acids is 1. The molecule has 25 heavy (non-hydrogen) atoms. The van der Waals surface area contributed by atoms with E-state index in [0.717, 1.165) is 16.9 Å². The minimum Gasteiger partial charge on any atom is -0.481 e. The SMILES string of the molecule is CN(CCC(=O)O)C(=O)c1csc(NC(=O)CCc2ccccc2)n1. The third-order valence-corrected chi connectivity index (χ3v) is 4.22. The first-order valence-electron chi connectivity index (χ1n) is 7.72. The normalized spacial score (nSPS) is 10.3. The van der Waals surface area contributed by atoms with Gasteiger partial charge >= 0.3 is 5.97 Å². The van der Waals surface area contributed by atoms with E-state index < -0.39 is 5.97 Å². The molecule has 0 bridgehead atoms. The Balaban J connectivity index is 1.84. The van der Waals surface area contributed by atoms with E-state index in [-0.39, 0.29) is 30.5 Å². The van der Waals surface area contributed by atoms with Gasteiger partial charge < -0.3 is 15.3 Å². The molecule has 8 heteroatoms. The van der Waals surface area contributed by atoms with Crippen molar-refractivity contribution in [3.05, 3.63) is 47.0 Å². The van der Waals surface area contributed by atoms with E-state index >= 15 is 0 Å². The Morgan fingerprint density at radius 2 is 1.92 bits per heavy atom. The summed E-state index contributed by atoms with van der Waals surface area (Å²) in [5, 5.41) is 13.2. The van der Waals surface area contributed by atoms with Crippen LogP contribution < -0.4 is 5.32 Å². The lowest BCUT2D eigenvalue weighted by Gasteiger charge is -2.14. The summed E-state index contributed by atoms with van der Waals surface area (Å²) in [6, 6.07) is 9.69. The third-order valence-electron chi connectivity index (χ3n) is 3.46. The lowest BCUT2D eigenvalue weighted by molar-refractivity contribution is -0.137. The number of hydrogen-bond donors (Lipinski definition) is 2. The molecule has 0 aliphatic rings. The molecular weight excluding hydrogens is 342 g/mol. The molecule has 0 radical (unpaired) electrons. The van der Waals surface area contributed by atoms with Crippen LogP contribution in [0.1, 0.15) is 28.9 Å². The largest absolute Gasteiger partial charge is 0.481 e. The van der Waals surface area contributed by atoms with Crippen LogP contribution in [0.4, 0.5) is 5.13 Å². The summed E-state index contributed by atoms with van der Waals surface area (Å²) in [4.78, 5) is 40.1. The van der Waals surface area contributed by atoms with Crippen molar-refractivity contribution in [2.45, 2.75) is 19.3 Å². The first-order valence-corrected chi connectivity index (χ1v) is 8.60. The zero-order valence-electron chi connectivity index (χ0n) is 13.8. The average molecular weight is 361 g/mol. The second kappa shape index (κ2) is 8.93. The van der Waals surface area contributed by atoms with Gasteiger partial charge in [-0.05, 0) is 12.0 Å². The summed E-state index contributed by atoms with van der Waals surface area (Å²) in [5.41, 5.74) is 1.27. The van der Waals surface area contributed by atoms with Gasteiger partial charge in [0.2, 0.25) is 5.91 Å². The van der Waals surface area contributed by atoms with Crippen LogP contribution in [-0.2, 0) is 16.0 Å². The van der Waals surface area contributed by atoms with Crippen molar-refractivity contribution < 1.29 is 19.5 Å². The highest BCUT2D eigenvalue weighted by atomic mass is 32.1. The summed E-state index contributed by atoms with van der Waals surface area (Å²) in [6.07, 6.45) is 0.822. The molecule has 2 N–H and O–H groups in total. The molecule has 7 nitrogen and oxygen atoms in total. The average Bonchev–Trinajstić information content (AvgIpc) is 3.06. The van der Waals surface area contributed by atoms with E-state index in [9.17, 15) is 14.4 Å². The fraction of sp³-hybridized carbons (Fsp3) is 0.294. The van der Waals surface area contributed by atoms with E-state index in [0.29, 0.717) is 18.0 Å². The van der Waals surface area contributed by atoms with Crippen molar-refractivity contribution in [2.24, 2.45) is 0 Å². The molecule has 2 rings (SSSR count). The molecule has 0 unspecified atom stereocenters. The number of carbonyl (C=O) groups excluding carboxylic acids is 2. The maximum Gasteiger partial charge on any atom is 0.305 e. The summed E-state index contributed by atoms with van der Waals surface area (Å²) in [5.74, 6) is -1.51. The molecule has 1 aromatic carbocycles.